The minimum absolute atomic E-state index is 0.00329. The van der Waals surface area contributed by atoms with E-state index in [2.05, 4.69) is 5.32 Å². The first-order valence-corrected chi connectivity index (χ1v) is 14.0. The average molecular weight is 573 g/mol. The van der Waals surface area contributed by atoms with Crippen LogP contribution in [0.4, 0.5) is 11.4 Å². The van der Waals surface area contributed by atoms with Crippen molar-refractivity contribution in [2.24, 2.45) is 5.92 Å². The molecule has 0 saturated heterocycles. The maximum atomic E-state index is 13.6. The predicted molar refractivity (Wildman–Crippen MR) is 144 cm³/mol. The number of nitro groups is 1. The van der Waals surface area contributed by atoms with Crippen molar-refractivity contribution in [1.29, 1.82) is 0 Å². The summed E-state index contributed by atoms with van der Waals surface area (Å²) in [4.78, 5) is 38.3. The van der Waals surface area contributed by atoms with Crippen LogP contribution in [0.3, 0.4) is 0 Å². The summed E-state index contributed by atoms with van der Waals surface area (Å²) in [7, 11) is -4.04. The van der Waals surface area contributed by atoms with Crippen LogP contribution in [0.1, 0.15) is 31.9 Å². The van der Waals surface area contributed by atoms with Gasteiger partial charge >= 0.3 is 0 Å². The highest BCUT2D eigenvalue weighted by atomic mass is 35.5. The van der Waals surface area contributed by atoms with Gasteiger partial charge in [-0.3, -0.25) is 24.0 Å². The number of nitrogens with zero attached hydrogens (tertiary/aromatic N) is 3. The van der Waals surface area contributed by atoms with E-state index in [4.69, 9.17) is 23.2 Å². The van der Waals surface area contributed by atoms with Crippen LogP contribution in [-0.4, -0.2) is 55.4 Å². The molecule has 10 nitrogen and oxygen atoms in total. The molecule has 0 aliphatic carbocycles. The molecule has 2 amide bonds. The molecule has 0 radical (unpaired) electrons. The van der Waals surface area contributed by atoms with Gasteiger partial charge in [-0.05, 0) is 43.0 Å². The third-order valence-electron chi connectivity index (χ3n) is 5.54. The van der Waals surface area contributed by atoms with Crippen LogP contribution in [0.25, 0.3) is 0 Å². The number of sulfonamides is 1. The molecule has 0 fully saturated rings. The van der Waals surface area contributed by atoms with Gasteiger partial charge in [0.1, 0.15) is 12.6 Å². The minimum Gasteiger partial charge on any atom is -0.354 e. The first-order valence-electron chi connectivity index (χ1n) is 11.4. The largest absolute Gasteiger partial charge is 0.354 e. The first kappa shape index (κ1) is 30.3. The van der Waals surface area contributed by atoms with E-state index in [1.165, 1.54) is 24.0 Å². The summed E-state index contributed by atoms with van der Waals surface area (Å²) >= 11 is 12.1. The molecule has 0 aliphatic heterocycles. The normalized spacial score (nSPS) is 12.2. The lowest BCUT2D eigenvalue weighted by Gasteiger charge is -2.32. The number of hydrogen-bond acceptors (Lipinski definition) is 6. The Morgan fingerprint density at radius 1 is 1.08 bits per heavy atom. The van der Waals surface area contributed by atoms with Gasteiger partial charge in [-0.25, -0.2) is 8.42 Å². The van der Waals surface area contributed by atoms with E-state index in [9.17, 15) is 28.1 Å². The fourth-order valence-corrected chi connectivity index (χ4v) is 4.66. The monoisotopic (exact) mass is 572 g/mol. The topological polar surface area (TPSA) is 130 Å². The van der Waals surface area contributed by atoms with Crippen molar-refractivity contribution in [3.8, 4) is 0 Å². The Morgan fingerprint density at radius 2 is 1.73 bits per heavy atom. The number of amides is 2. The molecule has 2 aromatic carbocycles. The second-order valence-electron chi connectivity index (χ2n) is 9.08. The van der Waals surface area contributed by atoms with E-state index in [1.54, 1.807) is 25.1 Å². The molecule has 0 bridgehead atoms. The number of hydrogen-bond donors (Lipinski definition) is 1. The second-order valence-corrected chi connectivity index (χ2v) is 11.8. The summed E-state index contributed by atoms with van der Waals surface area (Å²) in [6.07, 6.45) is 0.903. The lowest BCUT2D eigenvalue weighted by atomic mass is 10.1. The number of aryl methyl sites for hydroxylation is 1. The van der Waals surface area contributed by atoms with E-state index in [-0.39, 0.29) is 28.9 Å². The van der Waals surface area contributed by atoms with Gasteiger partial charge in [-0.1, -0.05) is 49.2 Å². The predicted octanol–water partition coefficient (Wildman–Crippen LogP) is 4.17. The van der Waals surface area contributed by atoms with Crippen molar-refractivity contribution < 1.29 is 22.9 Å². The van der Waals surface area contributed by atoms with Gasteiger partial charge in [-0.2, -0.15) is 0 Å². The van der Waals surface area contributed by atoms with Gasteiger partial charge in [0.2, 0.25) is 21.8 Å². The molecule has 1 atom stereocenters. The molecule has 0 spiro atoms. The highest BCUT2D eigenvalue weighted by Crippen LogP contribution is 2.28. The van der Waals surface area contributed by atoms with Gasteiger partial charge in [0.15, 0.2) is 0 Å². The van der Waals surface area contributed by atoms with E-state index in [0.29, 0.717) is 22.7 Å². The number of non-ortho nitro benzene ring substituents is 1. The standard InChI is InChI=1S/C24H30Cl2N4O6S/c1-15(2)12-27-24(32)17(4)28(13-18-7-9-20(25)21(26)10-18)23(31)14-29(37(5,35)36)22-11-19(30(33)34)8-6-16(22)3/h6-11,15,17H,12-14H2,1-5H3,(H,27,32)/t17-/m1/s1. The lowest BCUT2D eigenvalue weighted by molar-refractivity contribution is -0.384. The van der Waals surface area contributed by atoms with Gasteiger partial charge in [-0.15, -0.1) is 0 Å². The van der Waals surface area contributed by atoms with Crippen LogP contribution in [0, 0.1) is 23.0 Å². The molecule has 0 aliphatic rings. The van der Waals surface area contributed by atoms with Crippen LogP contribution in [-0.2, 0) is 26.2 Å². The Bertz CT molecular complexity index is 1290. The molecule has 0 heterocycles. The molecule has 0 saturated carbocycles. The number of rotatable bonds is 11. The molecular formula is C24H30Cl2N4O6S. The highest BCUT2D eigenvalue weighted by Gasteiger charge is 2.31. The molecule has 0 aromatic heterocycles. The van der Waals surface area contributed by atoms with Crippen molar-refractivity contribution in [2.45, 2.75) is 40.3 Å². The quantitative estimate of drug-likeness (QED) is 0.317. The first-order chi connectivity index (χ1) is 17.1. The van der Waals surface area contributed by atoms with Crippen LogP contribution < -0.4 is 9.62 Å². The number of nitrogens with one attached hydrogen (secondary N) is 1. The number of carbonyl (C=O) groups is 2. The highest BCUT2D eigenvalue weighted by molar-refractivity contribution is 7.92. The zero-order valence-electron chi connectivity index (χ0n) is 21.2. The molecule has 37 heavy (non-hydrogen) atoms. The van der Waals surface area contributed by atoms with Crippen molar-refractivity contribution in [1.82, 2.24) is 10.2 Å². The van der Waals surface area contributed by atoms with Gasteiger partial charge < -0.3 is 10.2 Å². The number of benzene rings is 2. The molecule has 2 aromatic rings. The van der Waals surface area contributed by atoms with Crippen LogP contribution in [0.2, 0.25) is 10.0 Å². The minimum atomic E-state index is -4.04. The third-order valence-corrected chi connectivity index (χ3v) is 7.41. The zero-order valence-corrected chi connectivity index (χ0v) is 23.5. The Balaban J connectivity index is 2.48. The molecule has 2 rings (SSSR count). The van der Waals surface area contributed by atoms with E-state index < -0.39 is 39.3 Å². The van der Waals surface area contributed by atoms with Crippen molar-refractivity contribution in [3.63, 3.8) is 0 Å². The maximum absolute atomic E-state index is 13.6. The Hall–Kier alpha value is -2.89. The maximum Gasteiger partial charge on any atom is 0.271 e. The average Bonchev–Trinajstić information content (AvgIpc) is 2.80. The van der Waals surface area contributed by atoms with Crippen LogP contribution in [0.15, 0.2) is 36.4 Å². The second kappa shape index (κ2) is 12.6. The molecule has 202 valence electrons. The SMILES string of the molecule is Cc1ccc([N+](=O)[O-])cc1N(CC(=O)N(Cc1ccc(Cl)c(Cl)c1)[C@H](C)C(=O)NCC(C)C)S(C)(=O)=O. The van der Waals surface area contributed by atoms with Gasteiger partial charge in [0, 0.05) is 25.2 Å². The lowest BCUT2D eigenvalue weighted by Crippen LogP contribution is -2.51. The van der Waals surface area contributed by atoms with Crippen LogP contribution >= 0.6 is 23.2 Å². The molecular weight excluding hydrogens is 543 g/mol. The summed E-state index contributed by atoms with van der Waals surface area (Å²) in [6, 6.07) is 7.55. The summed E-state index contributed by atoms with van der Waals surface area (Å²) in [6.45, 7) is 6.62. The summed E-state index contributed by atoms with van der Waals surface area (Å²) < 4.78 is 26.2. The van der Waals surface area contributed by atoms with E-state index >= 15 is 0 Å². The molecule has 13 heteroatoms. The molecule has 0 unspecified atom stereocenters. The van der Waals surface area contributed by atoms with Gasteiger partial charge in [0.05, 0.1) is 26.9 Å². The third kappa shape index (κ3) is 8.31. The van der Waals surface area contributed by atoms with E-state index in [0.717, 1.165) is 16.6 Å². The Kier molecular flexibility index (Phi) is 10.3. The number of carbonyl (C=O) groups excluding carboxylic acids is 2. The molecule has 1 N–H and O–H groups in total. The van der Waals surface area contributed by atoms with Crippen molar-refractivity contribution >= 4 is 56.4 Å². The summed E-state index contributed by atoms with van der Waals surface area (Å²) in [5, 5.41) is 14.6. The fourth-order valence-electron chi connectivity index (χ4n) is 3.44. The van der Waals surface area contributed by atoms with E-state index in [1.807, 2.05) is 13.8 Å². The Morgan fingerprint density at radius 3 is 2.27 bits per heavy atom. The summed E-state index contributed by atoms with van der Waals surface area (Å²) in [5.74, 6) is -0.929. The van der Waals surface area contributed by atoms with Gasteiger partial charge in [0.25, 0.3) is 5.69 Å². The number of anilines is 1. The zero-order chi connectivity index (χ0) is 28.1. The summed E-state index contributed by atoms with van der Waals surface area (Å²) in [5.41, 5.74) is 0.665. The number of halogens is 2. The Labute approximate surface area is 226 Å². The number of nitro benzene ring substituents is 1. The smallest absolute Gasteiger partial charge is 0.271 e. The van der Waals surface area contributed by atoms with Crippen molar-refractivity contribution in [2.75, 3.05) is 23.7 Å². The fraction of sp³-hybridized carbons (Fsp3) is 0.417. The van der Waals surface area contributed by atoms with Crippen LogP contribution in [0.5, 0.6) is 0 Å². The van der Waals surface area contributed by atoms with Crippen molar-refractivity contribution in [3.05, 3.63) is 67.7 Å².